The second kappa shape index (κ2) is 6.46. The van der Waals surface area contributed by atoms with Gasteiger partial charge in [0, 0.05) is 0 Å². The van der Waals surface area contributed by atoms with Crippen LogP contribution in [0.3, 0.4) is 0 Å². The Kier molecular flexibility index (Phi) is 5.57. The number of halogens is 1. The van der Waals surface area contributed by atoms with Crippen LogP contribution in [0.15, 0.2) is 30.3 Å². The van der Waals surface area contributed by atoms with Gasteiger partial charge in [-0.2, -0.15) is 11.1 Å². The highest BCUT2D eigenvalue weighted by molar-refractivity contribution is 7.19. The van der Waals surface area contributed by atoms with E-state index in [0.717, 1.165) is 6.42 Å². The van der Waals surface area contributed by atoms with Crippen LogP contribution in [-0.2, 0) is 6.42 Å². The first-order valence-electron chi connectivity index (χ1n) is 6.27. The van der Waals surface area contributed by atoms with Crippen LogP contribution >= 0.6 is 11.1 Å². The van der Waals surface area contributed by atoms with Gasteiger partial charge in [0.05, 0.1) is 0 Å². The molecule has 0 saturated carbocycles. The Bertz CT molecular complexity index is 289. The van der Waals surface area contributed by atoms with E-state index in [1.165, 1.54) is 24.8 Å². The van der Waals surface area contributed by atoms with Crippen molar-refractivity contribution in [3.8, 4) is 0 Å². The SMILES string of the molecule is CCCCC(Cc1ccccc1)[Si](C)(C)Cl. The number of hydrogen-bond donors (Lipinski definition) is 0. The van der Waals surface area contributed by atoms with Crippen molar-refractivity contribution in [2.75, 3.05) is 0 Å². The lowest BCUT2D eigenvalue weighted by atomic mass is 10.1. The Morgan fingerprint density at radius 2 is 1.81 bits per heavy atom. The maximum Gasteiger partial charge on any atom is 0.153 e. The smallest absolute Gasteiger partial charge is 0.153 e. The van der Waals surface area contributed by atoms with E-state index in [1.807, 2.05) is 0 Å². The molecule has 90 valence electrons. The second-order valence-corrected chi connectivity index (χ2v) is 12.0. The molecule has 1 unspecified atom stereocenters. The van der Waals surface area contributed by atoms with Gasteiger partial charge in [0.1, 0.15) is 0 Å². The van der Waals surface area contributed by atoms with E-state index >= 15 is 0 Å². The van der Waals surface area contributed by atoms with Crippen LogP contribution in [0.1, 0.15) is 31.7 Å². The van der Waals surface area contributed by atoms with Crippen LogP contribution in [0, 0.1) is 0 Å². The van der Waals surface area contributed by atoms with Crippen molar-refractivity contribution >= 4 is 18.5 Å². The summed E-state index contributed by atoms with van der Waals surface area (Å²) >= 11 is 6.62. The summed E-state index contributed by atoms with van der Waals surface area (Å²) in [7, 11) is -1.53. The molecule has 0 aromatic heterocycles. The van der Waals surface area contributed by atoms with Gasteiger partial charge < -0.3 is 0 Å². The van der Waals surface area contributed by atoms with Gasteiger partial charge in [-0.25, -0.2) is 0 Å². The highest BCUT2D eigenvalue weighted by Crippen LogP contribution is 2.33. The molecule has 2 heteroatoms. The Hall–Kier alpha value is -0.273. The molecular weight excluding hydrogens is 232 g/mol. The molecule has 0 amide bonds. The molecule has 0 heterocycles. The topological polar surface area (TPSA) is 0 Å². The maximum atomic E-state index is 6.62. The molecule has 1 rings (SSSR count). The summed E-state index contributed by atoms with van der Waals surface area (Å²) in [6, 6.07) is 10.8. The van der Waals surface area contributed by atoms with Crippen LogP contribution in [0.2, 0.25) is 18.6 Å². The number of hydrogen-bond acceptors (Lipinski definition) is 0. The zero-order valence-corrected chi connectivity index (χ0v) is 12.4. The Morgan fingerprint density at radius 3 is 2.31 bits per heavy atom. The van der Waals surface area contributed by atoms with Crippen molar-refractivity contribution in [1.82, 2.24) is 0 Å². The quantitative estimate of drug-likeness (QED) is 0.482. The molecule has 0 N–H and O–H groups in total. The van der Waals surface area contributed by atoms with Crippen molar-refractivity contribution in [1.29, 1.82) is 0 Å². The Labute approximate surface area is 106 Å². The molecule has 0 fully saturated rings. The molecule has 16 heavy (non-hydrogen) atoms. The van der Waals surface area contributed by atoms with Crippen molar-refractivity contribution in [3.05, 3.63) is 35.9 Å². The summed E-state index contributed by atoms with van der Waals surface area (Å²) in [4.78, 5) is 0. The third-order valence-electron chi connectivity index (χ3n) is 3.20. The van der Waals surface area contributed by atoms with Crippen LogP contribution in [-0.4, -0.2) is 7.38 Å². The third-order valence-corrected chi connectivity index (χ3v) is 6.56. The molecule has 0 saturated heterocycles. The van der Waals surface area contributed by atoms with Gasteiger partial charge in [0.2, 0.25) is 0 Å². The third kappa shape index (κ3) is 4.71. The van der Waals surface area contributed by atoms with Crippen LogP contribution in [0.5, 0.6) is 0 Å². The standard InChI is InChI=1S/C14H23ClSi/c1-4-5-11-14(16(2,3)15)12-13-9-7-6-8-10-13/h6-10,14H,4-5,11-12H2,1-3H3. The fourth-order valence-electron chi connectivity index (χ4n) is 2.04. The molecule has 1 aromatic rings. The highest BCUT2D eigenvalue weighted by atomic mass is 35.6. The zero-order valence-electron chi connectivity index (χ0n) is 10.7. The fraction of sp³-hybridized carbons (Fsp3) is 0.571. The number of unbranched alkanes of at least 4 members (excludes halogenated alkanes) is 1. The molecule has 0 spiro atoms. The molecule has 0 aliphatic rings. The molecule has 0 bridgehead atoms. The second-order valence-electron chi connectivity index (χ2n) is 5.09. The van der Waals surface area contributed by atoms with E-state index in [4.69, 9.17) is 11.1 Å². The zero-order chi connectivity index (χ0) is 12.0. The molecule has 1 aromatic carbocycles. The minimum absolute atomic E-state index is 0.705. The molecule has 0 nitrogen and oxygen atoms in total. The summed E-state index contributed by atoms with van der Waals surface area (Å²) in [5.74, 6) is 0. The first kappa shape index (κ1) is 13.8. The summed E-state index contributed by atoms with van der Waals surface area (Å²) in [5, 5.41) is 0. The highest BCUT2D eigenvalue weighted by Gasteiger charge is 2.29. The minimum atomic E-state index is -1.53. The van der Waals surface area contributed by atoms with E-state index in [9.17, 15) is 0 Å². The molecule has 0 aliphatic carbocycles. The van der Waals surface area contributed by atoms with Crippen molar-refractivity contribution in [2.45, 2.75) is 51.2 Å². The van der Waals surface area contributed by atoms with Gasteiger partial charge in [-0.1, -0.05) is 69.6 Å². The van der Waals surface area contributed by atoms with Gasteiger partial charge in [-0.15, -0.1) is 0 Å². The van der Waals surface area contributed by atoms with E-state index in [-0.39, 0.29) is 0 Å². The van der Waals surface area contributed by atoms with Gasteiger partial charge in [0.15, 0.2) is 7.38 Å². The van der Waals surface area contributed by atoms with E-state index in [0.29, 0.717) is 5.54 Å². The lowest BCUT2D eigenvalue weighted by molar-refractivity contribution is 0.653. The summed E-state index contributed by atoms with van der Waals surface area (Å²) in [6.07, 6.45) is 5.02. The van der Waals surface area contributed by atoms with E-state index < -0.39 is 7.38 Å². The minimum Gasteiger partial charge on any atom is -0.167 e. The summed E-state index contributed by atoms with van der Waals surface area (Å²) in [5.41, 5.74) is 2.14. The average molecular weight is 255 g/mol. The lowest BCUT2D eigenvalue weighted by Gasteiger charge is -2.26. The van der Waals surface area contributed by atoms with Crippen molar-refractivity contribution < 1.29 is 0 Å². The van der Waals surface area contributed by atoms with Crippen LogP contribution < -0.4 is 0 Å². The Morgan fingerprint density at radius 1 is 1.19 bits per heavy atom. The maximum absolute atomic E-state index is 6.62. The summed E-state index contributed by atoms with van der Waals surface area (Å²) < 4.78 is 0. The predicted octanol–water partition coefficient (Wildman–Crippen LogP) is 5.23. The van der Waals surface area contributed by atoms with Crippen molar-refractivity contribution in [2.24, 2.45) is 0 Å². The monoisotopic (exact) mass is 254 g/mol. The van der Waals surface area contributed by atoms with Crippen LogP contribution in [0.25, 0.3) is 0 Å². The number of benzene rings is 1. The van der Waals surface area contributed by atoms with Gasteiger partial charge >= 0.3 is 0 Å². The lowest BCUT2D eigenvalue weighted by Crippen LogP contribution is -2.27. The van der Waals surface area contributed by atoms with Crippen molar-refractivity contribution in [3.63, 3.8) is 0 Å². The predicted molar refractivity (Wildman–Crippen MR) is 76.8 cm³/mol. The molecule has 0 aliphatic heterocycles. The normalized spacial score (nSPS) is 13.8. The van der Waals surface area contributed by atoms with Crippen LogP contribution in [0.4, 0.5) is 0 Å². The molecule has 0 radical (unpaired) electrons. The van der Waals surface area contributed by atoms with E-state index in [1.54, 1.807) is 0 Å². The van der Waals surface area contributed by atoms with Gasteiger partial charge in [-0.05, 0) is 17.5 Å². The summed E-state index contributed by atoms with van der Waals surface area (Å²) in [6.45, 7) is 6.80. The molecular formula is C14H23ClSi. The largest absolute Gasteiger partial charge is 0.167 e. The van der Waals surface area contributed by atoms with Gasteiger partial charge in [-0.3, -0.25) is 0 Å². The Balaban J connectivity index is 2.64. The van der Waals surface area contributed by atoms with Gasteiger partial charge in [0.25, 0.3) is 0 Å². The average Bonchev–Trinajstić information content (AvgIpc) is 2.24. The first-order valence-corrected chi connectivity index (χ1v) is 10.4. The fourth-order valence-corrected chi connectivity index (χ4v) is 4.21. The number of rotatable bonds is 6. The van der Waals surface area contributed by atoms with E-state index in [2.05, 4.69) is 50.3 Å². The molecule has 1 atom stereocenters. The first-order chi connectivity index (χ1) is 7.54.